The Bertz CT molecular complexity index is 1090. The minimum absolute atomic E-state index is 0.0152. The molecule has 0 unspecified atom stereocenters. The second-order valence-electron chi connectivity index (χ2n) is 8.02. The standard InChI is InChI=1S/C23H22F5N3O2/c1-32-19-10-16(17-12-30-21(31-17)15-6-8-22(24,25)9-7-15)3-4-18(19)33-13-14-2-5-20(29-11-14)23(26,27)28/h2-5,10-12,15H,6-9,13H2,1H3,(H,30,31). The molecule has 10 heteroatoms. The second-order valence-corrected chi connectivity index (χ2v) is 8.02. The van der Waals surface area contributed by atoms with Crippen molar-refractivity contribution in [1.82, 2.24) is 15.0 Å². The van der Waals surface area contributed by atoms with Crippen LogP contribution in [0.2, 0.25) is 0 Å². The number of hydrogen-bond acceptors (Lipinski definition) is 4. The summed E-state index contributed by atoms with van der Waals surface area (Å²) in [4.78, 5) is 11.0. The fraction of sp³-hybridized carbons (Fsp3) is 0.391. The summed E-state index contributed by atoms with van der Waals surface area (Å²) in [6.07, 6.45) is -1.22. The molecule has 1 aromatic carbocycles. The van der Waals surface area contributed by atoms with Gasteiger partial charge in [0.05, 0.1) is 19.0 Å². The van der Waals surface area contributed by atoms with Gasteiger partial charge in [0, 0.05) is 36.1 Å². The smallest absolute Gasteiger partial charge is 0.433 e. The summed E-state index contributed by atoms with van der Waals surface area (Å²) >= 11 is 0. The molecule has 1 fully saturated rings. The van der Waals surface area contributed by atoms with Crippen LogP contribution in [0.25, 0.3) is 11.3 Å². The van der Waals surface area contributed by atoms with Gasteiger partial charge in [-0.1, -0.05) is 6.07 Å². The van der Waals surface area contributed by atoms with Gasteiger partial charge in [-0.15, -0.1) is 0 Å². The van der Waals surface area contributed by atoms with Crippen molar-refractivity contribution in [3.05, 3.63) is 59.8 Å². The number of nitrogens with zero attached hydrogens (tertiary/aromatic N) is 2. The zero-order valence-electron chi connectivity index (χ0n) is 17.8. The van der Waals surface area contributed by atoms with E-state index in [1.165, 1.54) is 13.2 Å². The first-order chi connectivity index (χ1) is 15.6. The Kier molecular flexibility index (Phi) is 6.27. The van der Waals surface area contributed by atoms with E-state index in [0.29, 0.717) is 35.7 Å². The van der Waals surface area contributed by atoms with E-state index in [2.05, 4.69) is 15.0 Å². The van der Waals surface area contributed by atoms with Gasteiger partial charge in [0.25, 0.3) is 0 Å². The minimum atomic E-state index is -4.49. The molecule has 0 saturated heterocycles. The van der Waals surface area contributed by atoms with Crippen LogP contribution < -0.4 is 9.47 Å². The fourth-order valence-corrected chi connectivity index (χ4v) is 3.80. The number of imidazole rings is 1. The maximum Gasteiger partial charge on any atom is 0.433 e. The molecule has 2 heterocycles. The van der Waals surface area contributed by atoms with Gasteiger partial charge >= 0.3 is 6.18 Å². The number of aromatic nitrogens is 3. The Morgan fingerprint density at radius 3 is 2.42 bits per heavy atom. The van der Waals surface area contributed by atoms with Crippen LogP contribution in [0.5, 0.6) is 11.5 Å². The van der Waals surface area contributed by atoms with Crippen LogP contribution in [-0.2, 0) is 12.8 Å². The highest BCUT2D eigenvalue weighted by atomic mass is 19.4. The summed E-state index contributed by atoms with van der Waals surface area (Å²) in [6, 6.07) is 7.43. The predicted molar refractivity (Wildman–Crippen MR) is 110 cm³/mol. The molecule has 0 radical (unpaired) electrons. The fourth-order valence-electron chi connectivity index (χ4n) is 3.80. The van der Waals surface area contributed by atoms with Gasteiger partial charge in [-0.25, -0.2) is 13.8 Å². The van der Waals surface area contributed by atoms with Crippen LogP contribution in [0, 0.1) is 0 Å². The van der Waals surface area contributed by atoms with E-state index in [0.717, 1.165) is 23.5 Å². The minimum Gasteiger partial charge on any atom is -0.493 e. The first-order valence-electron chi connectivity index (χ1n) is 10.4. The second kappa shape index (κ2) is 8.99. The van der Waals surface area contributed by atoms with Crippen molar-refractivity contribution in [3.63, 3.8) is 0 Å². The number of halogens is 5. The van der Waals surface area contributed by atoms with Crippen molar-refractivity contribution in [3.8, 4) is 22.8 Å². The molecule has 0 spiro atoms. The van der Waals surface area contributed by atoms with Gasteiger partial charge in [0.15, 0.2) is 11.5 Å². The number of nitrogens with one attached hydrogen (secondary N) is 1. The van der Waals surface area contributed by atoms with Crippen molar-refractivity contribution < 1.29 is 31.4 Å². The maximum atomic E-state index is 13.4. The van der Waals surface area contributed by atoms with E-state index < -0.39 is 17.8 Å². The lowest BCUT2D eigenvalue weighted by atomic mass is 9.86. The van der Waals surface area contributed by atoms with Crippen molar-refractivity contribution in [1.29, 1.82) is 0 Å². The molecular weight excluding hydrogens is 445 g/mol. The molecule has 33 heavy (non-hydrogen) atoms. The van der Waals surface area contributed by atoms with E-state index >= 15 is 0 Å². The molecule has 176 valence electrons. The molecule has 2 aromatic heterocycles. The van der Waals surface area contributed by atoms with E-state index in [-0.39, 0.29) is 25.4 Å². The number of alkyl halides is 5. The summed E-state index contributed by atoms with van der Waals surface area (Å²) in [6.45, 7) is 0.0152. The maximum absolute atomic E-state index is 13.4. The van der Waals surface area contributed by atoms with Crippen LogP contribution in [0.1, 0.15) is 48.7 Å². The van der Waals surface area contributed by atoms with E-state index in [1.807, 2.05) is 0 Å². The summed E-state index contributed by atoms with van der Waals surface area (Å²) in [5, 5.41) is 0. The van der Waals surface area contributed by atoms with Crippen LogP contribution >= 0.6 is 0 Å². The van der Waals surface area contributed by atoms with Crippen LogP contribution in [0.3, 0.4) is 0 Å². The molecule has 1 N–H and O–H groups in total. The zero-order chi connectivity index (χ0) is 23.6. The largest absolute Gasteiger partial charge is 0.493 e. The lowest BCUT2D eigenvalue weighted by Crippen LogP contribution is -2.24. The summed E-state index contributed by atoms with van der Waals surface area (Å²) < 4.78 is 75.9. The Balaban J connectivity index is 1.43. The third-order valence-corrected chi connectivity index (χ3v) is 5.68. The summed E-state index contributed by atoms with van der Waals surface area (Å²) in [5.74, 6) is -1.09. The van der Waals surface area contributed by atoms with Crippen molar-refractivity contribution in [2.75, 3.05) is 7.11 Å². The molecule has 1 saturated carbocycles. The SMILES string of the molecule is COc1cc(-c2cnc(C3CCC(F)(F)CC3)[nH]2)ccc1OCc1ccc(C(F)(F)F)nc1. The number of H-pyrrole nitrogens is 1. The Labute approximate surface area is 187 Å². The quantitative estimate of drug-likeness (QED) is 0.428. The lowest BCUT2D eigenvalue weighted by Gasteiger charge is -2.26. The monoisotopic (exact) mass is 467 g/mol. The molecule has 1 aliphatic carbocycles. The van der Waals surface area contributed by atoms with Gasteiger partial charge in [-0.2, -0.15) is 13.2 Å². The average molecular weight is 467 g/mol. The third-order valence-electron chi connectivity index (χ3n) is 5.68. The molecule has 3 aromatic rings. The highest BCUT2D eigenvalue weighted by Crippen LogP contribution is 2.40. The highest BCUT2D eigenvalue weighted by molar-refractivity contribution is 5.63. The van der Waals surface area contributed by atoms with Gasteiger partial charge in [-0.3, -0.25) is 4.98 Å². The van der Waals surface area contributed by atoms with Gasteiger partial charge < -0.3 is 14.5 Å². The summed E-state index contributed by atoms with van der Waals surface area (Å²) in [7, 11) is 1.48. The molecule has 0 atom stereocenters. The van der Waals surface area contributed by atoms with Crippen molar-refractivity contribution in [2.24, 2.45) is 0 Å². The number of benzene rings is 1. The molecular formula is C23H22F5N3O2. The van der Waals surface area contributed by atoms with Crippen molar-refractivity contribution in [2.45, 2.75) is 50.3 Å². The molecule has 4 rings (SSSR count). The van der Waals surface area contributed by atoms with Gasteiger partial charge in [0.2, 0.25) is 5.92 Å². The Morgan fingerprint density at radius 2 is 1.79 bits per heavy atom. The average Bonchev–Trinajstić information content (AvgIpc) is 3.27. The topological polar surface area (TPSA) is 60.0 Å². The molecule has 0 aliphatic heterocycles. The summed E-state index contributed by atoms with van der Waals surface area (Å²) in [5.41, 5.74) is 1.01. The first-order valence-corrected chi connectivity index (χ1v) is 10.4. The number of aromatic amines is 1. The number of methoxy groups -OCH3 is 1. The molecule has 1 aliphatic rings. The van der Waals surface area contributed by atoms with E-state index in [1.54, 1.807) is 24.4 Å². The van der Waals surface area contributed by atoms with E-state index in [4.69, 9.17) is 9.47 Å². The number of hydrogen-bond donors (Lipinski definition) is 1. The predicted octanol–water partition coefficient (Wildman–Crippen LogP) is 6.37. The Morgan fingerprint density at radius 1 is 1.03 bits per heavy atom. The number of rotatable bonds is 6. The third kappa shape index (κ3) is 5.43. The molecule has 5 nitrogen and oxygen atoms in total. The van der Waals surface area contributed by atoms with Crippen LogP contribution in [-0.4, -0.2) is 28.0 Å². The van der Waals surface area contributed by atoms with E-state index in [9.17, 15) is 22.0 Å². The van der Waals surface area contributed by atoms with Gasteiger partial charge in [0.1, 0.15) is 18.1 Å². The highest BCUT2D eigenvalue weighted by Gasteiger charge is 2.36. The van der Waals surface area contributed by atoms with Crippen LogP contribution in [0.15, 0.2) is 42.7 Å². The Hall–Kier alpha value is -3.17. The first kappa shape index (κ1) is 23.0. The lowest BCUT2D eigenvalue weighted by molar-refractivity contribution is -0.141. The number of pyridine rings is 1. The number of ether oxygens (including phenoxy) is 2. The molecule has 0 bridgehead atoms. The normalized spacial score (nSPS) is 16.5. The van der Waals surface area contributed by atoms with Gasteiger partial charge in [-0.05, 0) is 37.1 Å². The van der Waals surface area contributed by atoms with Crippen LogP contribution in [0.4, 0.5) is 22.0 Å². The zero-order valence-corrected chi connectivity index (χ0v) is 17.8. The van der Waals surface area contributed by atoms with Crippen molar-refractivity contribution >= 4 is 0 Å². The molecule has 0 amide bonds.